The SMILES string of the molecule is CC(c1cccs1)N(C)C(=O)CC(N)C(C)(C)C. The molecular weight excluding hydrogens is 244 g/mol. The van der Waals surface area contributed by atoms with Crippen LogP contribution in [0.15, 0.2) is 17.5 Å². The van der Waals surface area contributed by atoms with E-state index in [2.05, 4.69) is 26.8 Å². The third-order valence-corrected chi connectivity index (χ3v) is 4.48. The average molecular weight is 268 g/mol. The zero-order chi connectivity index (χ0) is 13.9. The molecule has 0 saturated heterocycles. The lowest BCUT2D eigenvalue weighted by atomic mass is 9.85. The van der Waals surface area contributed by atoms with E-state index >= 15 is 0 Å². The van der Waals surface area contributed by atoms with Gasteiger partial charge in [0.25, 0.3) is 0 Å². The van der Waals surface area contributed by atoms with Crippen LogP contribution < -0.4 is 5.73 Å². The van der Waals surface area contributed by atoms with Crippen molar-refractivity contribution in [3.63, 3.8) is 0 Å². The fraction of sp³-hybridized carbons (Fsp3) is 0.643. The zero-order valence-electron chi connectivity index (χ0n) is 11.9. The number of thiophene rings is 1. The van der Waals surface area contributed by atoms with E-state index in [-0.39, 0.29) is 23.4 Å². The Bertz CT molecular complexity index is 381. The monoisotopic (exact) mass is 268 g/mol. The molecule has 0 bridgehead atoms. The molecule has 102 valence electrons. The number of rotatable bonds is 4. The highest BCUT2D eigenvalue weighted by Gasteiger charge is 2.26. The summed E-state index contributed by atoms with van der Waals surface area (Å²) in [6.07, 6.45) is 0.399. The lowest BCUT2D eigenvalue weighted by molar-refractivity contribution is -0.132. The van der Waals surface area contributed by atoms with Gasteiger partial charge in [-0.3, -0.25) is 4.79 Å². The van der Waals surface area contributed by atoms with Gasteiger partial charge in [-0.15, -0.1) is 11.3 Å². The third kappa shape index (κ3) is 3.82. The van der Waals surface area contributed by atoms with E-state index in [0.29, 0.717) is 6.42 Å². The lowest BCUT2D eigenvalue weighted by Crippen LogP contribution is -2.41. The molecule has 18 heavy (non-hydrogen) atoms. The van der Waals surface area contributed by atoms with Crippen LogP contribution in [0.25, 0.3) is 0 Å². The second-order valence-electron chi connectivity index (χ2n) is 5.87. The van der Waals surface area contributed by atoms with Gasteiger partial charge < -0.3 is 10.6 Å². The molecule has 0 radical (unpaired) electrons. The van der Waals surface area contributed by atoms with Gasteiger partial charge in [0.15, 0.2) is 0 Å². The van der Waals surface area contributed by atoms with E-state index in [1.807, 2.05) is 25.4 Å². The molecule has 4 heteroatoms. The highest BCUT2D eigenvalue weighted by atomic mass is 32.1. The van der Waals surface area contributed by atoms with Gasteiger partial charge in [0, 0.05) is 24.4 Å². The number of carbonyl (C=O) groups is 1. The first-order valence-electron chi connectivity index (χ1n) is 6.28. The van der Waals surface area contributed by atoms with Gasteiger partial charge in [0.05, 0.1) is 6.04 Å². The van der Waals surface area contributed by atoms with Gasteiger partial charge in [0.2, 0.25) is 5.91 Å². The van der Waals surface area contributed by atoms with Crippen molar-refractivity contribution in [2.24, 2.45) is 11.1 Å². The molecule has 1 aromatic rings. The van der Waals surface area contributed by atoms with E-state index in [0.717, 1.165) is 0 Å². The summed E-state index contributed by atoms with van der Waals surface area (Å²) in [6, 6.07) is 4.08. The lowest BCUT2D eigenvalue weighted by Gasteiger charge is -2.30. The van der Waals surface area contributed by atoms with Gasteiger partial charge in [-0.2, -0.15) is 0 Å². The molecule has 2 unspecified atom stereocenters. The second-order valence-corrected chi connectivity index (χ2v) is 6.85. The number of nitrogens with two attached hydrogens (primary N) is 1. The smallest absolute Gasteiger partial charge is 0.224 e. The largest absolute Gasteiger partial charge is 0.338 e. The summed E-state index contributed by atoms with van der Waals surface area (Å²) in [6.45, 7) is 8.24. The van der Waals surface area contributed by atoms with Crippen LogP contribution in [0.2, 0.25) is 0 Å². The molecule has 1 aromatic heterocycles. The van der Waals surface area contributed by atoms with Crippen LogP contribution in [0.1, 0.15) is 45.0 Å². The summed E-state index contributed by atoms with van der Waals surface area (Å²) in [4.78, 5) is 15.2. The number of hydrogen-bond acceptors (Lipinski definition) is 3. The van der Waals surface area contributed by atoms with E-state index < -0.39 is 0 Å². The third-order valence-electron chi connectivity index (χ3n) is 3.44. The van der Waals surface area contributed by atoms with Crippen LogP contribution in [-0.2, 0) is 4.79 Å². The second kappa shape index (κ2) is 5.85. The molecule has 0 spiro atoms. The van der Waals surface area contributed by atoms with Crippen molar-refractivity contribution in [3.05, 3.63) is 22.4 Å². The van der Waals surface area contributed by atoms with Crippen LogP contribution in [-0.4, -0.2) is 23.9 Å². The van der Waals surface area contributed by atoms with Crippen LogP contribution >= 0.6 is 11.3 Å². The predicted octanol–water partition coefficient (Wildman–Crippen LogP) is 3.03. The van der Waals surface area contributed by atoms with Gasteiger partial charge in [-0.25, -0.2) is 0 Å². The Morgan fingerprint density at radius 3 is 2.56 bits per heavy atom. The molecule has 3 nitrogen and oxygen atoms in total. The van der Waals surface area contributed by atoms with Gasteiger partial charge in [-0.1, -0.05) is 26.8 Å². The minimum atomic E-state index is -0.108. The molecule has 1 heterocycles. The van der Waals surface area contributed by atoms with Crippen molar-refractivity contribution in [1.29, 1.82) is 0 Å². The fourth-order valence-corrected chi connectivity index (χ4v) is 2.40. The Kier molecular flexibility index (Phi) is 4.93. The molecule has 1 rings (SSSR count). The van der Waals surface area contributed by atoms with Crippen LogP contribution in [0.4, 0.5) is 0 Å². The quantitative estimate of drug-likeness (QED) is 0.912. The Labute approximate surface area is 114 Å². The van der Waals surface area contributed by atoms with Crippen molar-refractivity contribution in [1.82, 2.24) is 4.90 Å². The fourth-order valence-electron chi connectivity index (χ4n) is 1.57. The number of carbonyl (C=O) groups excluding carboxylic acids is 1. The maximum Gasteiger partial charge on any atom is 0.224 e. The standard InChI is InChI=1S/C14H24N2OS/c1-10(11-7-6-8-18-11)16(5)13(17)9-12(15)14(2,3)4/h6-8,10,12H,9,15H2,1-5H3. The summed E-state index contributed by atoms with van der Waals surface area (Å²) < 4.78 is 0. The van der Waals surface area contributed by atoms with Crippen LogP contribution in [0.3, 0.4) is 0 Å². The molecule has 0 aromatic carbocycles. The summed E-state index contributed by atoms with van der Waals surface area (Å²) in [5, 5.41) is 2.03. The summed E-state index contributed by atoms with van der Waals surface area (Å²) >= 11 is 1.68. The van der Waals surface area contributed by atoms with E-state index in [9.17, 15) is 4.79 Å². The first-order chi connectivity index (χ1) is 8.23. The Balaban J connectivity index is 2.62. The number of nitrogens with zero attached hydrogens (tertiary/aromatic N) is 1. The maximum absolute atomic E-state index is 12.2. The van der Waals surface area contributed by atoms with Crippen molar-refractivity contribution in [2.45, 2.75) is 46.2 Å². The first kappa shape index (κ1) is 15.2. The van der Waals surface area contributed by atoms with Crippen LogP contribution in [0.5, 0.6) is 0 Å². The molecule has 0 aliphatic carbocycles. The van der Waals surface area contributed by atoms with Gasteiger partial charge in [-0.05, 0) is 23.8 Å². The van der Waals surface area contributed by atoms with E-state index in [4.69, 9.17) is 5.73 Å². The highest BCUT2D eigenvalue weighted by molar-refractivity contribution is 7.10. The van der Waals surface area contributed by atoms with Crippen LogP contribution in [0, 0.1) is 5.41 Å². The molecule has 1 amide bonds. The summed E-state index contributed by atoms with van der Waals surface area (Å²) in [7, 11) is 1.85. The number of amides is 1. The summed E-state index contributed by atoms with van der Waals surface area (Å²) in [5.74, 6) is 0.110. The predicted molar refractivity (Wildman–Crippen MR) is 77.6 cm³/mol. The van der Waals surface area contributed by atoms with Gasteiger partial charge >= 0.3 is 0 Å². The minimum Gasteiger partial charge on any atom is -0.338 e. The number of hydrogen-bond donors (Lipinski definition) is 1. The molecular formula is C14H24N2OS. The average Bonchev–Trinajstić information content (AvgIpc) is 2.78. The topological polar surface area (TPSA) is 46.3 Å². The maximum atomic E-state index is 12.2. The normalized spacial score (nSPS) is 15.2. The Morgan fingerprint density at radius 2 is 2.11 bits per heavy atom. The molecule has 0 fully saturated rings. The van der Waals surface area contributed by atoms with E-state index in [1.54, 1.807) is 16.2 Å². The van der Waals surface area contributed by atoms with Crippen molar-refractivity contribution >= 4 is 17.2 Å². The van der Waals surface area contributed by atoms with E-state index in [1.165, 1.54) is 4.88 Å². The molecule has 0 aliphatic heterocycles. The minimum absolute atomic E-state index is 0.0390. The Hall–Kier alpha value is -0.870. The Morgan fingerprint density at radius 1 is 1.50 bits per heavy atom. The summed E-state index contributed by atoms with van der Waals surface area (Å²) in [5.41, 5.74) is 6.02. The molecule has 0 saturated carbocycles. The van der Waals surface area contributed by atoms with Crippen molar-refractivity contribution < 1.29 is 4.79 Å². The molecule has 2 atom stereocenters. The van der Waals surface area contributed by atoms with Gasteiger partial charge in [0.1, 0.15) is 0 Å². The van der Waals surface area contributed by atoms with Crippen molar-refractivity contribution in [2.75, 3.05) is 7.05 Å². The highest BCUT2D eigenvalue weighted by Crippen LogP contribution is 2.25. The van der Waals surface area contributed by atoms with Crippen molar-refractivity contribution in [3.8, 4) is 0 Å². The molecule has 2 N–H and O–H groups in total. The first-order valence-corrected chi connectivity index (χ1v) is 7.16. The molecule has 0 aliphatic rings. The zero-order valence-corrected chi connectivity index (χ0v) is 12.8.